The maximum Gasteiger partial charge on any atom is 0.242 e. The Morgan fingerprint density at radius 2 is 2.21 bits per heavy atom. The maximum atomic E-state index is 12.2. The van der Waals surface area contributed by atoms with E-state index in [-0.39, 0.29) is 4.99 Å². The molecule has 8 heteroatoms. The molecule has 0 spiro atoms. The van der Waals surface area contributed by atoms with Crippen molar-refractivity contribution in [3.8, 4) is 5.75 Å². The first kappa shape index (κ1) is 16.2. The lowest BCUT2D eigenvalue weighted by molar-refractivity contribution is 0.417. The third-order valence-electron chi connectivity index (χ3n) is 2.48. The highest BCUT2D eigenvalue weighted by molar-refractivity contribution is 9.10. The Balaban J connectivity index is 3.14. The van der Waals surface area contributed by atoms with Gasteiger partial charge in [0, 0.05) is 4.47 Å². The van der Waals surface area contributed by atoms with Gasteiger partial charge in [-0.1, -0.05) is 35.1 Å². The number of thiocarbonyl (C=S) groups is 1. The molecule has 0 aromatic heterocycles. The van der Waals surface area contributed by atoms with Crippen LogP contribution in [0.1, 0.15) is 13.3 Å². The quantitative estimate of drug-likeness (QED) is 0.754. The van der Waals surface area contributed by atoms with Gasteiger partial charge in [-0.2, -0.15) is 0 Å². The molecule has 1 rings (SSSR count). The molecule has 0 amide bonds. The van der Waals surface area contributed by atoms with Crippen LogP contribution in [0.5, 0.6) is 5.75 Å². The van der Waals surface area contributed by atoms with Crippen molar-refractivity contribution in [1.29, 1.82) is 0 Å². The molecule has 5 nitrogen and oxygen atoms in total. The minimum atomic E-state index is -3.69. The first-order valence-electron chi connectivity index (χ1n) is 5.46. The molecule has 0 heterocycles. The van der Waals surface area contributed by atoms with Gasteiger partial charge in [0.15, 0.2) is 0 Å². The van der Waals surface area contributed by atoms with Crippen molar-refractivity contribution in [2.24, 2.45) is 5.73 Å². The Labute approximate surface area is 126 Å². The highest BCUT2D eigenvalue weighted by Gasteiger charge is 2.27. The zero-order chi connectivity index (χ0) is 14.6. The third-order valence-corrected chi connectivity index (χ3v) is 5.24. The molecule has 19 heavy (non-hydrogen) atoms. The molecule has 1 aromatic carbocycles. The predicted octanol–water partition coefficient (Wildman–Crippen LogP) is 2.26. The molecule has 1 unspecified atom stereocenters. The smallest absolute Gasteiger partial charge is 0.242 e. The van der Waals surface area contributed by atoms with Crippen LogP contribution in [0.3, 0.4) is 0 Å². The molecule has 1 aromatic rings. The van der Waals surface area contributed by atoms with E-state index >= 15 is 0 Å². The molecule has 0 saturated heterocycles. The van der Waals surface area contributed by atoms with Crippen LogP contribution >= 0.6 is 28.1 Å². The Bertz CT molecular complexity index is 575. The van der Waals surface area contributed by atoms with Crippen LogP contribution < -0.4 is 15.2 Å². The fourth-order valence-electron chi connectivity index (χ4n) is 1.56. The van der Waals surface area contributed by atoms with Crippen LogP contribution in [0.25, 0.3) is 0 Å². The summed E-state index contributed by atoms with van der Waals surface area (Å²) >= 11 is 8.06. The largest absolute Gasteiger partial charge is 0.495 e. The van der Waals surface area contributed by atoms with Gasteiger partial charge in [-0.15, -0.1) is 0 Å². The first-order chi connectivity index (χ1) is 8.81. The van der Waals surface area contributed by atoms with Gasteiger partial charge >= 0.3 is 0 Å². The fraction of sp³-hybridized carbons (Fsp3) is 0.364. The molecular formula is C11H15BrN2O3S2. The number of nitrogens with one attached hydrogen (secondary N) is 1. The van der Waals surface area contributed by atoms with E-state index in [2.05, 4.69) is 20.7 Å². The molecule has 3 N–H and O–H groups in total. The normalized spacial score (nSPS) is 12.8. The van der Waals surface area contributed by atoms with Gasteiger partial charge in [-0.05, 0) is 24.6 Å². The summed E-state index contributed by atoms with van der Waals surface area (Å²) in [5.74, 6) is 0.421. The molecule has 0 saturated carbocycles. The van der Waals surface area contributed by atoms with Crippen molar-refractivity contribution in [2.75, 3.05) is 11.8 Å². The molecule has 0 radical (unpaired) electrons. The van der Waals surface area contributed by atoms with E-state index < -0.39 is 15.3 Å². The molecule has 0 aliphatic rings. The second-order valence-electron chi connectivity index (χ2n) is 3.79. The molecule has 0 fully saturated rings. The monoisotopic (exact) mass is 366 g/mol. The lowest BCUT2D eigenvalue weighted by atomic mass is 10.3. The lowest BCUT2D eigenvalue weighted by Crippen LogP contribution is -2.37. The van der Waals surface area contributed by atoms with Crippen LogP contribution in [0.4, 0.5) is 5.69 Å². The number of rotatable bonds is 6. The maximum absolute atomic E-state index is 12.2. The van der Waals surface area contributed by atoms with Gasteiger partial charge in [0.25, 0.3) is 0 Å². The van der Waals surface area contributed by atoms with E-state index in [1.165, 1.54) is 7.11 Å². The molecule has 0 bridgehead atoms. The van der Waals surface area contributed by atoms with Crippen molar-refractivity contribution in [3.63, 3.8) is 0 Å². The molecule has 1 atom stereocenters. The van der Waals surface area contributed by atoms with Gasteiger partial charge in [0.2, 0.25) is 10.0 Å². The summed E-state index contributed by atoms with van der Waals surface area (Å²) in [7, 11) is -2.23. The van der Waals surface area contributed by atoms with E-state index in [4.69, 9.17) is 22.7 Å². The van der Waals surface area contributed by atoms with E-state index in [1.54, 1.807) is 25.1 Å². The summed E-state index contributed by atoms with van der Waals surface area (Å²) in [5.41, 5.74) is 5.80. The zero-order valence-electron chi connectivity index (χ0n) is 10.5. The fourth-order valence-corrected chi connectivity index (χ4v) is 3.82. The molecular weight excluding hydrogens is 352 g/mol. The van der Waals surface area contributed by atoms with E-state index in [1.807, 2.05) is 0 Å². The average molecular weight is 367 g/mol. The molecule has 0 aliphatic carbocycles. The van der Waals surface area contributed by atoms with E-state index in [0.717, 1.165) is 4.47 Å². The highest BCUT2D eigenvalue weighted by Crippen LogP contribution is 2.29. The topological polar surface area (TPSA) is 81.4 Å². The number of methoxy groups -OCH3 is 1. The van der Waals surface area contributed by atoms with Crippen molar-refractivity contribution in [2.45, 2.75) is 18.6 Å². The van der Waals surface area contributed by atoms with Crippen LogP contribution in [0, 0.1) is 0 Å². The summed E-state index contributed by atoms with van der Waals surface area (Å²) in [6.07, 6.45) is 0.307. The van der Waals surface area contributed by atoms with Gasteiger partial charge in [0.1, 0.15) is 11.0 Å². The predicted molar refractivity (Wildman–Crippen MR) is 84.1 cm³/mol. The van der Waals surface area contributed by atoms with Crippen molar-refractivity contribution in [3.05, 3.63) is 22.7 Å². The number of hydrogen-bond donors (Lipinski definition) is 2. The molecule has 106 valence electrons. The molecule has 0 aliphatic heterocycles. The third kappa shape index (κ3) is 4.05. The summed E-state index contributed by atoms with van der Waals surface area (Å²) in [6.45, 7) is 1.71. The number of halogens is 1. The van der Waals surface area contributed by atoms with E-state index in [9.17, 15) is 8.42 Å². The average Bonchev–Trinajstić information content (AvgIpc) is 2.28. The lowest BCUT2D eigenvalue weighted by Gasteiger charge is -2.17. The van der Waals surface area contributed by atoms with Crippen LogP contribution in [-0.2, 0) is 10.0 Å². The summed E-state index contributed by atoms with van der Waals surface area (Å²) < 4.78 is 32.7. The Morgan fingerprint density at radius 3 is 2.68 bits per heavy atom. The van der Waals surface area contributed by atoms with Crippen molar-refractivity contribution < 1.29 is 13.2 Å². The standard InChI is InChI=1S/C11H15BrN2O3S2/c1-3-10(11(13)18)19(15,16)14-8-6-7(12)4-5-9(8)17-2/h4-6,10,14H,3H2,1-2H3,(H2,13,18). The Hall–Kier alpha value is -0.860. The van der Waals surface area contributed by atoms with Gasteiger partial charge in [-0.3, -0.25) is 4.72 Å². The number of hydrogen-bond acceptors (Lipinski definition) is 4. The first-order valence-corrected chi connectivity index (χ1v) is 8.21. The van der Waals surface area contributed by atoms with Gasteiger partial charge < -0.3 is 10.5 Å². The van der Waals surface area contributed by atoms with E-state index in [0.29, 0.717) is 17.9 Å². The van der Waals surface area contributed by atoms with Crippen LogP contribution in [-0.4, -0.2) is 25.8 Å². The second-order valence-corrected chi connectivity index (χ2v) is 7.04. The number of anilines is 1. The Morgan fingerprint density at radius 1 is 1.58 bits per heavy atom. The van der Waals surface area contributed by atoms with Crippen molar-refractivity contribution in [1.82, 2.24) is 0 Å². The minimum absolute atomic E-state index is 0.0519. The second kappa shape index (κ2) is 6.53. The number of sulfonamides is 1. The number of benzene rings is 1. The van der Waals surface area contributed by atoms with Crippen LogP contribution in [0.2, 0.25) is 0 Å². The SMILES string of the molecule is CCC(C(N)=S)S(=O)(=O)Nc1cc(Br)ccc1OC. The highest BCUT2D eigenvalue weighted by atomic mass is 79.9. The Kier molecular flexibility index (Phi) is 5.57. The van der Waals surface area contributed by atoms with Crippen LogP contribution in [0.15, 0.2) is 22.7 Å². The minimum Gasteiger partial charge on any atom is -0.495 e. The zero-order valence-corrected chi connectivity index (χ0v) is 13.7. The summed E-state index contributed by atoms with van der Waals surface area (Å²) in [5, 5.41) is -0.911. The number of nitrogens with two attached hydrogens (primary N) is 1. The van der Waals surface area contributed by atoms with Gasteiger partial charge in [0.05, 0.1) is 17.8 Å². The summed E-state index contributed by atoms with van der Waals surface area (Å²) in [4.78, 5) is -0.0519. The summed E-state index contributed by atoms with van der Waals surface area (Å²) in [6, 6.07) is 5.02. The van der Waals surface area contributed by atoms with Gasteiger partial charge in [-0.25, -0.2) is 8.42 Å². The number of ether oxygens (including phenoxy) is 1. The van der Waals surface area contributed by atoms with Crippen molar-refractivity contribution >= 4 is 48.8 Å².